The van der Waals surface area contributed by atoms with E-state index >= 15 is 0 Å². The van der Waals surface area contributed by atoms with Crippen molar-refractivity contribution in [2.45, 2.75) is 58.0 Å². The summed E-state index contributed by atoms with van der Waals surface area (Å²) in [6.45, 7) is 2.86. The van der Waals surface area contributed by atoms with Crippen LogP contribution in [0.2, 0.25) is 0 Å². The molecule has 1 N–H and O–H groups in total. The molecule has 1 heterocycles. The predicted octanol–water partition coefficient (Wildman–Crippen LogP) is 5.90. The summed E-state index contributed by atoms with van der Waals surface area (Å²) in [4.78, 5) is 15.8. The summed E-state index contributed by atoms with van der Waals surface area (Å²) in [5.74, 6) is 0.980. The number of benzene rings is 2. The van der Waals surface area contributed by atoms with E-state index in [0.717, 1.165) is 36.1 Å². The van der Waals surface area contributed by atoms with E-state index in [9.17, 15) is 4.79 Å². The van der Waals surface area contributed by atoms with Crippen molar-refractivity contribution in [2.24, 2.45) is 0 Å². The number of carbonyl (C=O) groups excluding carboxylic acids is 1. The summed E-state index contributed by atoms with van der Waals surface area (Å²) in [5, 5.41) is 1.21. The van der Waals surface area contributed by atoms with Gasteiger partial charge in [-0.3, -0.25) is 4.79 Å². The summed E-state index contributed by atoms with van der Waals surface area (Å²) >= 11 is 0. The number of aromatic amines is 1. The minimum atomic E-state index is -0.0961. The highest BCUT2D eigenvalue weighted by atomic mass is 16.5. The summed E-state index contributed by atoms with van der Waals surface area (Å²) in [7, 11) is 0. The molecule has 0 bridgehead atoms. The number of carbonyl (C=O) groups is 1. The van der Waals surface area contributed by atoms with Gasteiger partial charge in [0.15, 0.2) is 0 Å². The van der Waals surface area contributed by atoms with Crippen molar-refractivity contribution < 1.29 is 14.3 Å². The number of fused-ring (bicyclic) bond motifs is 3. The van der Waals surface area contributed by atoms with Crippen LogP contribution < -0.4 is 4.74 Å². The minimum Gasteiger partial charge on any atom is -0.489 e. The first-order valence-electron chi connectivity index (χ1n) is 10.7. The third kappa shape index (κ3) is 4.64. The second kappa shape index (κ2) is 9.17. The Bertz CT molecular complexity index is 961. The third-order valence-electron chi connectivity index (χ3n) is 5.75. The van der Waals surface area contributed by atoms with E-state index < -0.39 is 0 Å². The molecule has 0 saturated heterocycles. The standard InChI is InChI=1S/C25H29NO3/c1-2-28-24(27)15-19-11-7-4-8-12-22-25(19)21-14-13-20(16-23(21)26-22)29-17-18-9-5-3-6-10-18/h3,5-6,9-10,13-14,16,19,26H,2,4,7-8,11-12,15,17H2,1H3. The molecule has 0 amide bonds. The lowest BCUT2D eigenvalue weighted by Crippen LogP contribution is -2.13. The highest BCUT2D eigenvalue weighted by Gasteiger charge is 2.25. The van der Waals surface area contributed by atoms with E-state index in [0.29, 0.717) is 19.6 Å². The summed E-state index contributed by atoms with van der Waals surface area (Å²) in [6, 6.07) is 16.5. The molecule has 29 heavy (non-hydrogen) atoms. The Labute approximate surface area is 172 Å². The first kappa shape index (κ1) is 19.6. The monoisotopic (exact) mass is 391 g/mol. The quantitative estimate of drug-likeness (QED) is 0.532. The number of rotatable bonds is 6. The van der Waals surface area contributed by atoms with Crippen molar-refractivity contribution in [3.8, 4) is 5.75 Å². The van der Waals surface area contributed by atoms with Crippen molar-refractivity contribution in [1.82, 2.24) is 4.98 Å². The smallest absolute Gasteiger partial charge is 0.306 e. The van der Waals surface area contributed by atoms with Gasteiger partial charge in [-0.15, -0.1) is 0 Å². The van der Waals surface area contributed by atoms with Crippen LogP contribution in [0.4, 0.5) is 0 Å². The fraction of sp³-hybridized carbons (Fsp3) is 0.400. The van der Waals surface area contributed by atoms with Gasteiger partial charge < -0.3 is 14.5 Å². The Morgan fingerprint density at radius 1 is 1.10 bits per heavy atom. The molecule has 1 aromatic heterocycles. The van der Waals surface area contributed by atoms with Crippen molar-refractivity contribution in [1.29, 1.82) is 0 Å². The number of nitrogens with one attached hydrogen (secondary N) is 1. The lowest BCUT2D eigenvalue weighted by Gasteiger charge is -2.20. The topological polar surface area (TPSA) is 51.3 Å². The molecule has 1 unspecified atom stereocenters. The second-order valence-corrected chi connectivity index (χ2v) is 7.80. The Balaban J connectivity index is 1.60. The molecule has 1 aliphatic rings. The molecule has 2 aromatic carbocycles. The zero-order chi connectivity index (χ0) is 20.1. The minimum absolute atomic E-state index is 0.0961. The predicted molar refractivity (Wildman–Crippen MR) is 115 cm³/mol. The normalized spacial score (nSPS) is 16.7. The van der Waals surface area contributed by atoms with Crippen LogP contribution in [0.15, 0.2) is 48.5 Å². The Hall–Kier alpha value is -2.75. The number of ether oxygens (including phenoxy) is 2. The molecule has 4 nitrogen and oxygen atoms in total. The number of esters is 1. The number of hydrogen-bond donors (Lipinski definition) is 1. The largest absolute Gasteiger partial charge is 0.489 e. The van der Waals surface area contributed by atoms with Crippen molar-refractivity contribution >= 4 is 16.9 Å². The highest BCUT2D eigenvalue weighted by Crippen LogP contribution is 2.38. The van der Waals surface area contributed by atoms with E-state index in [2.05, 4.69) is 29.2 Å². The van der Waals surface area contributed by atoms with Gasteiger partial charge in [-0.1, -0.05) is 43.2 Å². The van der Waals surface area contributed by atoms with Gasteiger partial charge in [0, 0.05) is 22.7 Å². The van der Waals surface area contributed by atoms with E-state index in [4.69, 9.17) is 9.47 Å². The third-order valence-corrected chi connectivity index (χ3v) is 5.75. The molecule has 0 aliphatic heterocycles. The average molecular weight is 392 g/mol. The van der Waals surface area contributed by atoms with Gasteiger partial charge in [0.1, 0.15) is 12.4 Å². The Morgan fingerprint density at radius 2 is 1.97 bits per heavy atom. The maximum atomic E-state index is 12.2. The van der Waals surface area contributed by atoms with Crippen LogP contribution in [0, 0.1) is 0 Å². The van der Waals surface area contributed by atoms with Gasteiger partial charge in [0.05, 0.1) is 13.0 Å². The molecule has 0 radical (unpaired) electrons. The van der Waals surface area contributed by atoms with Gasteiger partial charge in [-0.05, 0) is 55.4 Å². The second-order valence-electron chi connectivity index (χ2n) is 7.80. The van der Waals surface area contributed by atoms with Crippen LogP contribution >= 0.6 is 0 Å². The molecule has 4 heteroatoms. The van der Waals surface area contributed by atoms with Crippen molar-refractivity contribution in [2.75, 3.05) is 6.61 Å². The van der Waals surface area contributed by atoms with Crippen LogP contribution in [0.1, 0.15) is 61.8 Å². The summed E-state index contributed by atoms with van der Waals surface area (Å²) < 4.78 is 11.3. The van der Waals surface area contributed by atoms with Crippen LogP contribution in [0.3, 0.4) is 0 Å². The molecule has 1 atom stereocenters. The van der Waals surface area contributed by atoms with Crippen LogP contribution in [0.5, 0.6) is 5.75 Å². The summed E-state index contributed by atoms with van der Waals surface area (Å²) in [5.41, 5.74) is 4.83. The zero-order valence-electron chi connectivity index (χ0n) is 17.1. The number of hydrogen-bond acceptors (Lipinski definition) is 3. The molecule has 1 aliphatic carbocycles. The maximum Gasteiger partial charge on any atom is 0.306 e. The molecular weight excluding hydrogens is 362 g/mol. The molecule has 4 rings (SSSR count). The van der Waals surface area contributed by atoms with E-state index in [1.807, 2.05) is 31.2 Å². The van der Waals surface area contributed by atoms with E-state index in [1.54, 1.807) is 0 Å². The summed E-state index contributed by atoms with van der Waals surface area (Å²) in [6.07, 6.45) is 6.08. The fourth-order valence-corrected chi connectivity index (χ4v) is 4.39. The molecule has 0 fully saturated rings. The fourth-order valence-electron chi connectivity index (χ4n) is 4.39. The van der Waals surface area contributed by atoms with Gasteiger partial charge in [0.25, 0.3) is 0 Å². The van der Waals surface area contributed by atoms with Crippen molar-refractivity contribution in [3.05, 3.63) is 65.4 Å². The lowest BCUT2D eigenvalue weighted by molar-refractivity contribution is -0.143. The first-order chi connectivity index (χ1) is 14.2. The van der Waals surface area contributed by atoms with Crippen LogP contribution in [0.25, 0.3) is 10.9 Å². The van der Waals surface area contributed by atoms with Gasteiger partial charge in [0.2, 0.25) is 0 Å². The van der Waals surface area contributed by atoms with E-state index in [-0.39, 0.29) is 11.9 Å². The first-order valence-corrected chi connectivity index (χ1v) is 10.7. The molecule has 152 valence electrons. The van der Waals surface area contributed by atoms with Gasteiger partial charge in [-0.2, -0.15) is 0 Å². The number of aryl methyl sites for hydroxylation is 1. The van der Waals surface area contributed by atoms with E-state index in [1.165, 1.54) is 29.5 Å². The number of H-pyrrole nitrogens is 1. The molecular formula is C25H29NO3. The lowest BCUT2D eigenvalue weighted by atomic mass is 9.85. The average Bonchev–Trinajstić information content (AvgIpc) is 3.07. The number of aromatic nitrogens is 1. The van der Waals surface area contributed by atoms with Gasteiger partial charge in [-0.25, -0.2) is 0 Å². The Morgan fingerprint density at radius 3 is 2.79 bits per heavy atom. The van der Waals surface area contributed by atoms with Crippen LogP contribution in [-0.4, -0.2) is 17.6 Å². The highest BCUT2D eigenvalue weighted by molar-refractivity contribution is 5.87. The maximum absolute atomic E-state index is 12.2. The Kier molecular flexibility index (Phi) is 6.18. The SMILES string of the molecule is CCOC(=O)CC1CCCCCc2[nH]c3cc(OCc4ccccc4)ccc3c21. The molecule has 0 saturated carbocycles. The van der Waals surface area contributed by atoms with Crippen LogP contribution in [-0.2, 0) is 22.6 Å². The van der Waals surface area contributed by atoms with Gasteiger partial charge >= 0.3 is 5.97 Å². The molecule has 0 spiro atoms. The zero-order valence-corrected chi connectivity index (χ0v) is 17.1. The molecule has 3 aromatic rings. The van der Waals surface area contributed by atoms with Crippen molar-refractivity contribution in [3.63, 3.8) is 0 Å².